The minimum atomic E-state index is 0.157. The molecule has 0 aliphatic heterocycles. The molecule has 0 spiro atoms. The van der Waals surface area contributed by atoms with Gasteiger partial charge in [-0.2, -0.15) is 0 Å². The lowest BCUT2D eigenvalue weighted by molar-refractivity contribution is 0.432. The summed E-state index contributed by atoms with van der Waals surface area (Å²) in [6, 6.07) is 9.64. The van der Waals surface area contributed by atoms with Gasteiger partial charge in [0.25, 0.3) is 0 Å². The van der Waals surface area contributed by atoms with Gasteiger partial charge in [-0.3, -0.25) is 0 Å². The van der Waals surface area contributed by atoms with Gasteiger partial charge in [0.15, 0.2) is 5.76 Å². The number of aliphatic hydroxyl groups excluding tert-OH is 1. The van der Waals surface area contributed by atoms with E-state index in [0.29, 0.717) is 0 Å². The summed E-state index contributed by atoms with van der Waals surface area (Å²) in [5.74, 6) is 5.85. The lowest BCUT2D eigenvalue weighted by Gasteiger charge is -2.01. The fourth-order valence-corrected chi connectivity index (χ4v) is 1.42. The number of aliphatic hydroxyl groups is 1. The van der Waals surface area contributed by atoms with Gasteiger partial charge in [-0.1, -0.05) is 48.4 Å². The van der Waals surface area contributed by atoms with Crippen molar-refractivity contribution in [2.45, 2.75) is 6.42 Å². The van der Waals surface area contributed by atoms with E-state index in [9.17, 15) is 5.11 Å². The second kappa shape index (κ2) is 5.04. The van der Waals surface area contributed by atoms with Crippen LogP contribution in [0.4, 0.5) is 0 Å². The summed E-state index contributed by atoms with van der Waals surface area (Å²) in [6.45, 7) is 0. The molecule has 1 heteroatoms. The van der Waals surface area contributed by atoms with Crippen LogP contribution in [0.2, 0.25) is 0 Å². The molecule has 2 rings (SSSR count). The van der Waals surface area contributed by atoms with Crippen LogP contribution in [0.1, 0.15) is 12.0 Å². The highest BCUT2D eigenvalue weighted by Crippen LogP contribution is 2.13. The van der Waals surface area contributed by atoms with Crippen LogP contribution in [0.3, 0.4) is 0 Å². The fourth-order valence-electron chi connectivity index (χ4n) is 1.42. The van der Waals surface area contributed by atoms with E-state index >= 15 is 0 Å². The van der Waals surface area contributed by atoms with E-state index in [1.807, 2.05) is 54.6 Å². The van der Waals surface area contributed by atoms with Crippen molar-refractivity contribution in [3.05, 3.63) is 71.5 Å². The quantitative estimate of drug-likeness (QED) is 0.512. The van der Waals surface area contributed by atoms with Gasteiger partial charge in [0, 0.05) is 11.1 Å². The first-order valence-corrected chi connectivity index (χ1v) is 5.18. The average molecular weight is 208 g/mol. The van der Waals surface area contributed by atoms with Crippen molar-refractivity contribution in [3.8, 4) is 11.8 Å². The molecule has 0 fully saturated rings. The van der Waals surface area contributed by atoms with Crippen molar-refractivity contribution in [1.82, 2.24) is 0 Å². The van der Waals surface area contributed by atoms with Crippen molar-refractivity contribution >= 4 is 0 Å². The second-order valence-corrected chi connectivity index (χ2v) is 3.48. The number of allylic oxidation sites excluding steroid dienone is 6. The molecule has 78 valence electrons. The van der Waals surface area contributed by atoms with Crippen LogP contribution < -0.4 is 0 Å². The van der Waals surface area contributed by atoms with Gasteiger partial charge in [0.1, 0.15) is 0 Å². The minimum Gasteiger partial charge on any atom is -0.500 e. The molecule has 0 aromatic heterocycles. The van der Waals surface area contributed by atoms with Crippen molar-refractivity contribution in [3.63, 3.8) is 0 Å². The first kappa shape index (κ1) is 10.3. The molecule has 1 aliphatic rings. The maximum atomic E-state index is 9.76. The number of hydrogen-bond acceptors (Lipinski definition) is 1. The highest BCUT2D eigenvalue weighted by Gasteiger charge is 1.99. The van der Waals surface area contributed by atoms with Crippen molar-refractivity contribution in [1.29, 1.82) is 0 Å². The van der Waals surface area contributed by atoms with E-state index in [0.717, 1.165) is 17.6 Å². The highest BCUT2D eigenvalue weighted by molar-refractivity contribution is 5.43. The van der Waals surface area contributed by atoms with Crippen LogP contribution in [-0.2, 0) is 0 Å². The molecule has 0 saturated carbocycles. The third kappa shape index (κ3) is 2.65. The number of benzene rings is 1. The third-order valence-corrected chi connectivity index (χ3v) is 2.29. The zero-order valence-electron chi connectivity index (χ0n) is 8.85. The monoisotopic (exact) mass is 208 g/mol. The summed E-state index contributed by atoms with van der Waals surface area (Å²) in [5, 5.41) is 9.76. The molecule has 0 heterocycles. The standard InChI is InChI=1S/C15H12O/c16-15(14-9-5-2-6-10-14)12-11-13-7-3-1-4-8-13/h1-9,16H,10H2/b15-14-. The predicted octanol–water partition coefficient (Wildman–Crippen LogP) is 3.37. The summed E-state index contributed by atoms with van der Waals surface area (Å²) in [5.41, 5.74) is 1.77. The molecule has 1 N–H and O–H groups in total. The van der Waals surface area contributed by atoms with Gasteiger partial charge in [0.2, 0.25) is 0 Å². The van der Waals surface area contributed by atoms with Gasteiger partial charge in [0.05, 0.1) is 0 Å². The molecule has 1 aromatic rings. The first-order valence-electron chi connectivity index (χ1n) is 5.18. The Labute approximate surface area is 95.4 Å². The first-order chi connectivity index (χ1) is 7.86. The normalized spacial score (nSPS) is 16.5. The summed E-state index contributed by atoms with van der Waals surface area (Å²) in [4.78, 5) is 0. The Bertz CT molecular complexity index is 507. The molecule has 16 heavy (non-hydrogen) atoms. The van der Waals surface area contributed by atoms with E-state index in [1.165, 1.54) is 0 Å². The Morgan fingerprint density at radius 2 is 1.94 bits per heavy atom. The van der Waals surface area contributed by atoms with Crippen LogP contribution in [-0.4, -0.2) is 5.11 Å². The zero-order chi connectivity index (χ0) is 11.2. The lowest BCUT2D eigenvalue weighted by atomic mass is 10.1. The molecular weight excluding hydrogens is 196 g/mol. The maximum absolute atomic E-state index is 9.76. The molecule has 1 aromatic carbocycles. The molecular formula is C15H12O. The largest absolute Gasteiger partial charge is 0.500 e. The third-order valence-electron chi connectivity index (χ3n) is 2.29. The van der Waals surface area contributed by atoms with Crippen LogP contribution in [0.5, 0.6) is 0 Å². The van der Waals surface area contributed by atoms with E-state index in [4.69, 9.17) is 0 Å². The van der Waals surface area contributed by atoms with Crippen molar-refractivity contribution < 1.29 is 5.11 Å². The van der Waals surface area contributed by atoms with Crippen LogP contribution in [0, 0.1) is 11.8 Å². The summed E-state index contributed by atoms with van der Waals surface area (Å²) < 4.78 is 0. The molecule has 1 nitrogen and oxygen atoms in total. The molecule has 0 radical (unpaired) electrons. The summed E-state index contributed by atoms with van der Waals surface area (Å²) in [7, 11) is 0. The van der Waals surface area contributed by atoms with Crippen molar-refractivity contribution in [2.75, 3.05) is 0 Å². The Balaban J connectivity index is 2.19. The molecule has 1 aliphatic carbocycles. The Morgan fingerprint density at radius 1 is 1.12 bits per heavy atom. The average Bonchev–Trinajstić information content (AvgIpc) is 2.38. The van der Waals surface area contributed by atoms with E-state index in [1.54, 1.807) is 0 Å². The lowest BCUT2D eigenvalue weighted by Crippen LogP contribution is -1.88. The predicted molar refractivity (Wildman–Crippen MR) is 65.9 cm³/mol. The Hall–Kier alpha value is -2.20. The topological polar surface area (TPSA) is 20.2 Å². The minimum absolute atomic E-state index is 0.157. The van der Waals surface area contributed by atoms with Crippen LogP contribution >= 0.6 is 0 Å². The molecule has 0 saturated heterocycles. The fraction of sp³-hybridized carbons (Fsp3) is 0.0667. The van der Waals surface area contributed by atoms with E-state index in [-0.39, 0.29) is 5.76 Å². The molecule has 0 unspecified atom stereocenters. The van der Waals surface area contributed by atoms with E-state index in [2.05, 4.69) is 11.8 Å². The van der Waals surface area contributed by atoms with Crippen molar-refractivity contribution in [2.24, 2.45) is 0 Å². The number of rotatable bonds is 0. The Kier molecular flexibility index (Phi) is 3.25. The van der Waals surface area contributed by atoms with Gasteiger partial charge < -0.3 is 5.11 Å². The van der Waals surface area contributed by atoms with Crippen LogP contribution in [0.25, 0.3) is 0 Å². The molecule has 0 atom stereocenters. The summed E-state index contributed by atoms with van der Waals surface area (Å²) >= 11 is 0. The highest BCUT2D eigenvalue weighted by atomic mass is 16.3. The maximum Gasteiger partial charge on any atom is 0.171 e. The van der Waals surface area contributed by atoms with Gasteiger partial charge in [-0.15, -0.1) is 0 Å². The molecule has 0 amide bonds. The smallest absolute Gasteiger partial charge is 0.171 e. The molecule has 0 bridgehead atoms. The summed E-state index contributed by atoms with van der Waals surface area (Å²) in [6.07, 6.45) is 8.48. The Morgan fingerprint density at radius 3 is 2.62 bits per heavy atom. The van der Waals surface area contributed by atoms with Gasteiger partial charge in [-0.05, 0) is 24.5 Å². The second-order valence-electron chi connectivity index (χ2n) is 3.48. The van der Waals surface area contributed by atoms with Gasteiger partial charge >= 0.3 is 0 Å². The van der Waals surface area contributed by atoms with Crippen LogP contribution in [0.15, 0.2) is 66.0 Å². The SMILES string of the molecule is O/C(C#Cc1ccccc1)=C1/C=CC=CC1. The van der Waals surface area contributed by atoms with E-state index < -0.39 is 0 Å². The zero-order valence-corrected chi connectivity index (χ0v) is 8.85. The number of hydrogen-bond donors (Lipinski definition) is 1. The van der Waals surface area contributed by atoms with Gasteiger partial charge in [-0.25, -0.2) is 0 Å².